The van der Waals surface area contributed by atoms with Gasteiger partial charge < -0.3 is 5.73 Å². The Morgan fingerprint density at radius 2 is 2.00 bits per heavy atom. The molecule has 0 amide bonds. The molecule has 0 radical (unpaired) electrons. The standard InChI is InChI=1S/C15H15FN2/c16-13-1-2-14-12(9-13)3-6-15(14,17)10-11-4-7-18-8-5-11/h1-2,4-5,7-9H,3,6,10,17H2. The third-order valence-electron chi connectivity index (χ3n) is 3.71. The summed E-state index contributed by atoms with van der Waals surface area (Å²) in [6.07, 6.45) is 6.05. The van der Waals surface area contributed by atoms with E-state index in [9.17, 15) is 4.39 Å². The van der Waals surface area contributed by atoms with Gasteiger partial charge in [-0.05, 0) is 60.2 Å². The Kier molecular flexibility index (Phi) is 2.63. The molecule has 18 heavy (non-hydrogen) atoms. The second kappa shape index (κ2) is 4.18. The number of aryl methyl sites for hydroxylation is 1. The van der Waals surface area contributed by atoms with Crippen molar-refractivity contribution in [2.24, 2.45) is 5.73 Å². The first-order chi connectivity index (χ1) is 8.67. The molecule has 1 unspecified atom stereocenters. The van der Waals surface area contributed by atoms with Gasteiger partial charge in [0.15, 0.2) is 0 Å². The Morgan fingerprint density at radius 3 is 2.78 bits per heavy atom. The summed E-state index contributed by atoms with van der Waals surface area (Å²) >= 11 is 0. The summed E-state index contributed by atoms with van der Waals surface area (Å²) in [7, 11) is 0. The molecule has 1 aromatic heterocycles. The molecule has 1 heterocycles. The largest absolute Gasteiger partial charge is 0.321 e. The number of hydrogen-bond donors (Lipinski definition) is 1. The predicted octanol–water partition coefficient (Wildman–Crippen LogP) is 2.56. The van der Waals surface area contributed by atoms with Gasteiger partial charge in [0, 0.05) is 17.9 Å². The van der Waals surface area contributed by atoms with Crippen molar-refractivity contribution in [1.82, 2.24) is 4.98 Å². The SMILES string of the molecule is NC1(Cc2ccncc2)CCc2cc(F)ccc21. The van der Waals surface area contributed by atoms with E-state index >= 15 is 0 Å². The molecule has 2 N–H and O–H groups in total. The summed E-state index contributed by atoms with van der Waals surface area (Å²) in [6, 6.07) is 8.90. The highest BCUT2D eigenvalue weighted by Crippen LogP contribution is 2.37. The molecule has 2 nitrogen and oxygen atoms in total. The summed E-state index contributed by atoms with van der Waals surface area (Å²) < 4.78 is 13.2. The van der Waals surface area contributed by atoms with Gasteiger partial charge in [0.25, 0.3) is 0 Å². The van der Waals surface area contributed by atoms with Crippen molar-refractivity contribution in [3.63, 3.8) is 0 Å². The molecule has 1 aromatic carbocycles. The van der Waals surface area contributed by atoms with Crippen LogP contribution in [0.5, 0.6) is 0 Å². The third kappa shape index (κ3) is 1.91. The molecule has 3 heteroatoms. The van der Waals surface area contributed by atoms with Gasteiger partial charge in [0.2, 0.25) is 0 Å². The number of halogens is 1. The van der Waals surface area contributed by atoms with Crippen LogP contribution in [-0.4, -0.2) is 4.98 Å². The highest BCUT2D eigenvalue weighted by atomic mass is 19.1. The highest BCUT2D eigenvalue weighted by Gasteiger charge is 2.35. The van der Waals surface area contributed by atoms with Crippen molar-refractivity contribution in [1.29, 1.82) is 0 Å². The average Bonchev–Trinajstić information content (AvgIpc) is 2.67. The van der Waals surface area contributed by atoms with E-state index in [0.29, 0.717) is 0 Å². The fourth-order valence-corrected chi connectivity index (χ4v) is 2.80. The Bertz CT molecular complexity index is 568. The summed E-state index contributed by atoms with van der Waals surface area (Å²) in [5, 5.41) is 0. The monoisotopic (exact) mass is 242 g/mol. The summed E-state index contributed by atoms with van der Waals surface area (Å²) in [5.41, 5.74) is 9.44. The van der Waals surface area contributed by atoms with Gasteiger partial charge >= 0.3 is 0 Å². The second-order valence-electron chi connectivity index (χ2n) is 4.99. The van der Waals surface area contributed by atoms with Gasteiger partial charge in [0.05, 0.1) is 0 Å². The van der Waals surface area contributed by atoms with E-state index in [1.165, 1.54) is 11.6 Å². The normalized spacial score (nSPS) is 21.9. The van der Waals surface area contributed by atoms with Crippen LogP contribution < -0.4 is 5.73 Å². The van der Waals surface area contributed by atoms with Crippen LogP contribution in [0.4, 0.5) is 4.39 Å². The number of nitrogens with two attached hydrogens (primary N) is 1. The van der Waals surface area contributed by atoms with E-state index in [1.807, 2.05) is 18.2 Å². The third-order valence-corrected chi connectivity index (χ3v) is 3.71. The lowest BCUT2D eigenvalue weighted by Crippen LogP contribution is -2.36. The molecule has 0 bridgehead atoms. The van der Waals surface area contributed by atoms with Crippen LogP contribution in [0.1, 0.15) is 23.1 Å². The number of nitrogens with zero attached hydrogens (tertiary/aromatic N) is 1. The van der Waals surface area contributed by atoms with Crippen molar-refractivity contribution in [2.75, 3.05) is 0 Å². The first-order valence-electron chi connectivity index (χ1n) is 6.14. The van der Waals surface area contributed by atoms with Gasteiger partial charge in [-0.2, -0.15) is 0 Å². The van der Waals surface area contributed by atoms with Crippen molar-refractivity contribution in [2.45, 2.75) is 24.8 Å². The highest BCUT2D eigenvalue weighted by molar-refractivity contribution is 5.40. The molecular weight excluding hydrogens is 227 g/mol. The number of aromatic nitrogens is 1. The van der Waals surface area contributed by atoms with Crippen molar-refractivity contribution in [3.05, 3.63) is 65.2 Å². The lowest BCUT2D eigenvalue weighted by atomic mass is 9.86. The number of pyridine rings is 1. The minimum atomic E-state index is -0.371. The maximum Gasteiger partial charge on any atom is 0.123 e. The van der Waals surface area contributed by atoms with Crippen LogP contribution in [0, 0.1) is 5.82 Å². The molecule has 0 saturated heterocycles. The van der Waals surface area contributed by atoms with Crippen LogP contribution >= 0.6 is 0 Å². The Balaban J connectivity index is 1.94. The summed E-state index contributed by atoms with van der Waals surface area (Å²) in [5.74, 6) is -0.179. The Labute approximate surface area is 106 Å². The molecular formula is C15H15FN2. The quantitative estimate of drug-likeness (QED) is 0.879. The molecule has 1 atom stereocenters. The zero-order valence-corrected chi connectivity index (χ0v) is 10.1. The van der Waals surface area contributed by atoms with E-state index in [4.69, 9.17) is 5.73 Å². The predicted molar refractivity (Wildman–Crippen MR) is 68.5 cm³/mol. The van der Waals surface area contributed by atoms with Crippen LogP contribution in [0.15, 0.2) is 42.7 Å². The molecule has 1 aliphatic rings. The maximum atomic E-state index is 13.2. The fraction of sp³-hybridized carbons (Fsp3) is 0.267. The minimum absolute atomic E-state index is 0.179. The Morgan fingerprint density at radius 1 is 1.22 bits per heavy atom. The minimum Gasteiger partial charge on any atom is -0.321 e. The zero-order chi connectivity index (χ0) is 12.6. The first kappa shape index (κ1) is 11.4. The number of hydrogen-bond acceptors (Lipinski definition) is 2. The van der Waals surface area contributed by atoms with E-state index in [2.05, 4.69) is 4.98 Å². The number of rotatable bonds is 2. The van der Waals surface area contributed by atoms with Crippen LogP contribution in [0.3, 0.4) is 0 Å². The summed E-state index contributed by atoms with van der Waals surface area (Å²) in [4.78, 5) is 4.01. The zero-order valence-electron chi connectivity index (χ0n) is 10.1. The van der Waals surface area contributed by atoms with E-state index < -0.39 is 0 Å². The van der Waals surface area contributed by atoms with E-state index in [-0.39, 0.29) is 11.4 Å². The van der Waals surface area contributed by atoms with Crippen LogP contribution in [0.25, 0.3) is 0 Å². The molecule has 92 valence electrons. The smallest absolute Gasteiger partial charge is 0.123 e. The lowest BCUT2D eigenvalue weighted by molar-refractivity contribution is 0.438. The summed E-state index contributed by atoms with van der Waals surface area (Å²) in [6.45, 7) is 0. The van der Waals surface area contributed by atoms with Crippen LogP contribution in [-0.2, 0) is 18.4 Å². The van der Waals surface area contributed by atoms with Gasteiger partial charge in [-0.25, -0.2) is 4.39 Å². The van der Waals surface area contributed by atoms with Gasteiger partial charge in [-0.3, -0.25) is 4.98 Å². The van der Waals surface area contributed by atoms with Gasteiger partial charge in [0.1, 0.15) is 5.82 Å². The van der Waals surface area contributed by atoms with Crippen molar-refractivity contribution < 1.29 is 4.39 Å². The maximum absolute atomic E-state index is 13.2. The molecule has 1 aliphatic carbocycles. The fourth-order valence-electron chi connectivity index (χ4n) is 2.80. The van der Waals surface area contributed by atoms with Crippen molar-refractivity contribution >= 4 is 0 Å². The van der Waals surface area contributed by atoms with Gasteiger partial charge in [-0.1, -0.05) is 6.07 Å². The van der Waals surface area contributed by atoms with E-state index in [1.54, 1.807) is 18.5 Å². The van der Waals surface area contributed by atoms with Crippen molar-refractivity contribution in [3.8, 4) is 0 Å². The molecule has 0 saturated carbocycles. The first-order valence-corrected chi connectivity index (χ1v) is 6.14. The molecule has 0 fully saturated rings. The average molecular weight is 242 g/mol. The number of benzene rings is 1. The lowest BCUT2D eigenvalue weighted by Gasteiger charge is -2.25. The molecule has 2 aromatic rings. The molecule has 0 aliphatic heterocycles. The Hall–Kier alpha value is -1.74. The molecule has 3 rings (SSSR count). The van der Waals surface area contributed by atoms with Gasteiger partial charge in [-0.15, -0.1) is 0 Å². The van der Waals surface area contributed by atoms with E-state index in [0.717, 1.165) is 30.4 Å². The topological polar surface area (TPSA) is 38.9 Å². The number of fused-ring (bicyclic) bond motifs is 1. The molecule has 0 spiro atoms. The second-order valence-corrected chi connectivity index (χ2v) is 4.99. The van der Waals surface area contributed by atoms with Crippen LogP contribution in [0.2, 0.25) is 0 Å².